The fourth-order valence-corrected chi connectivity index (χ4v) is 4.31. The Bertz CT molecular complexity index is 612. The van der Waals surface area contributed by atoms with Gasteiger partial charge >= 0.3 is 0 Å². The predicted octanol–water partition coefficient (Wildman–Crippen LogP) is 4.71. The Balaban J connectivity index is 2.14. The smallest absolute Gasteiger partial charge is 0.0398 e. The first kappa shape index (κ1) is 10.1. The fraction of sp³-hybridized carbons (Fsp3) is 0.375. The normalized spacial score (nSPS) is 21.8. The van der Waals surface area contributed by atoms with Crippen molar-refractivity contribution in [1.82, 2.24) is 0 Å². The molecule has 0 nitrogen and oxygen atoms in total. The highest BCUT2D eigenvalue weighted by molar-refractivity contribution is 9.09. The highest BCUT2D eigenvalue weighted by atomic mass is 79.9. The summed E-state index contributed by atoms with van der Waals surface area (Å²) in [4.78, 5) is 0.580. The van der Waals surface area contributed by atoms with E-state index in [-0.39, 0.29) is 0 Å². The van der Waals surface area contributed by atoms with Gasteiger partial charge in [0.25, 0.3) is 0 Å². The number of hydrogen-bond acceptors (Lipinski definition) is 0. The van der Waals surface area contributed by atoms with Crippen LogP contribution in [-0.4, -0.2) is 0 Å². The molecule has 2 aliphatic rings. The van der Waals surface area contributed by atoms with Crippen molar-refractivity contribution in [2.24, 2.45) is 0 Å². The van der Waals surface area contributed by atoms with Crippen LogP contribution in [-0.2, 0) is 19.3 Å². The lowest BCUT2D eigenvalue weighted by atomic mass is 9.86. The molecule has 0 spiro atoms. The molecule has 0 bridgehead atoms. The van der Waals surface area contributed by atoms with Gasteiger partial charge in [-0.1, -0.05) is 40.2 Å². The van der Waals surface area contributed by atoms with Crippen LogP contribution in [0.5, 0.6) is 0 Å². The van der Waals surface area contributed by atoms with E-state index < -0.39 is 0 Å². The van der Waals surface area contributed by atoms with Crippen molar-refractivity contribution >= 4 is 26.7 Å². The van der Waals surface area contributed by atoms with E-state index in [2.05, 4.69) is 40.2 Å². The van der Waals surface area contributed by atoms with Gasteiger partial charge in [0.05, 0.1) is 0 Å². The first-order chi connectivity index (χ1) is 8.34. The average molecular weight is 287 g/mol. The summed E-state index contributed by atoms with van der Waals surface area (Å²) >= 11 is 3.85. The summed E-state index contributed by atoms with van der Waals surface area (Å²) in [5.41, 5.74) is 6.33. The first-order valence-corrected chi connectivity index (χ1v) is 7.46. The van der Waals surface area contributed by atoms with Crippen molar-refractivity contribution in [3.63, 3.8) is 0 Å². The number of aryl methyl sites for hydroxylation is 3. The van der Waals surface area contributed by atoms with Crippen molar-refractivity contribution in [3.05, 3.63) is 46.5 Å². The molecule has 0 aliphatic heterocycles. The second kappa shape index (κ2) is 3.58. The lowest BCUT2D eigenvalue weighted by molar-refractivity contribution is 0.684. The van der Waals surface area contributed by atoms with Crippen LogP contribution in [0.25, 0.3) is 10.8 Å². The van der Waals surface area contributed by atoms with Gasteiger partial charge in [-0.15, -0.1) is 0 Å². The Kier molecular flexibility index (Phi) is 2.14. The highest BCUT2D eigenvalue weighted by Gasteiger charge is 2.24. The second-order valence-electron chi connectivity index (χ2n) is 5.30. The van der Waals surface area contributed by atoms with E-state index in [1.54, 1.807) is 27.6 Å². The van der Waals surface area contributed by atoms with E-state index in [0.29, 0.717) is 4.83 Å². The number of hydrogen-bond donors (Lipinski definition) is 0. The zero-order chi connectivity index (χ0) is 11.4. The van der Waals surface area contributed by atoms with Gasteiger partial charge in [-0.2, -0.15) is 0 Å². The van der Waals surface area contributed by atoms with Crippen LogP contribution in [0.2, 0.25) is 0 Å². The third kappa shape index (κ3) is 1.35. The maximum absolute atomic E-state index is 3.85. The molecule has 0 saturated carbocycles. The van der Waals surface area contributed by atoms with E-state index in [1.165, 1.54) is 37.5 Å². The molecular weight excluding hydrogens is 272 g/mol. The van der Waals surface area contributed by atoms with Crippen molar-refractivity contribution in [2.45, 2.75) is 36.9 Å². The number of benzene rings is 2. The summed E-state index contributed by atoms with van der Waals surface area (Å²) in [6, 6.07) is 9.36. The molecule has 1 heteroatoms. The Hall–Kier alpha value is -0.820. The molecule has 2 aliphatic carbocycles. The predicted molar refractivity (Wildman–Crippen MR) is 76.0 cm³/mol. The van der Waals surface area contributed by atoms with E-state index in [4.69, 9.17) is 0 Å². The second-order valence-corrected chi connectivity index (χ2v) is 6.41. The standard InChI is InChI=1S/C16H15Br/c17-15-6-2-4-12-13-5-1-3-10-7-8-11(16(10)13)9-14(12)15/h1,3,5,9,15H,2,4,6-8H2. The number of fused-ring (bicyclic) bond motifs is 2. The molecule has 17 heavy (non-hydrogen) atoms. The minimum atomic E-state index is 0.580. The number of halogens is 1. The molecule has 0 radical (unpaired) electrons. The Labute approximate surface area is 110 Å². The van der Waals surface area contributed by atoms with Crippen LogP contribution < -0.4 is 0 Å². The van der Waals surface area contributed by atoms with Crippen molar-refractivity contribution in [1.29, 1.82) is 0 Å². The Morgan fingerprint density at radius 2 is 1.94 bits per heavy atom. The SMILES string of the molecule is BrC1CCCc2c1cc1c3c(cccc23)CC1. The van der Waals surface area contributed by atoms with E-state index in [0.717, 1.165) is 0 Å². The molecule has 0 fully saturated rings. The Morgan fingerprint density at radius 1 is 1.06 bits per heavy atom. The zero-order valence-corrected chi connectivity index (χ0v) is 11.4. The van der Waals surface area contributed by atoms with Gasteiger partial charge in [0.2, 0.25) is 0 Å². The molecule has 0 heterocycles. The number of alkyl halides is 1. The molecule has 2 aromatic rings. The van der Waals surface area contributed by atoms with Crippen LogP contribution >= 0.6 is 15.9 Å². The van der Waals surface area contributed by atoms with Crippen LogP contribution in [0.1, 0.15) is 39.9 Å². The monoisotopic (exact) mass is 286 g/mol. The largest absolute Gasteiger partial charge is 0.0839 e. The third-order valence-electron chi connectivity index (χ3n) is 4.36. The molecule has 86 valence electrons. The van der Waals surface area contributed by atoms with Gasteiger partial charge in [-0.05, 0) is 65.1 Å². The lowest BCUT2D eigenvalue weighted by Crippen LogP contribution is -2.06. The van der Waals surface area contributed by atoms with Gasteiger partial charge in [-0.25, -0.2) is 0 Å². The maximum Gasteiger partial charge on any atom is 0.0398 e. The zero-order valence-electron chi connectivity index (χ0n) is 9.80. The average Bonchev–Trinajstić information content (AvgIpc) is 2.76. The van der Waals surface area contributed by atoms with Gasteiger partial charge in [0.15, 0.2) is 0 Å². The highest BCUT2D eigenvalue weighted by Crippen LogP contribution is 2.43. The molecule has 0 amide bonds. The molecule has 0 saturated heterocycles. The van der Waals surface area contributed by atoms with Gasteiger partial charge in [0.1, 0.15) is 0 Å². The van der Waals surface area contributed by atoms with Gasteiger partial charge in [-0.3, -0.25) is 0 Å². The summed E-state index contributed by atoms with van der Waals surface area (Å²) in [5, 5.41) is 3.12. The van der Waals surface area contributed by atoms with Gasteiger partial charge in [0, 0.05) is 4.83 Å². The molecular formula is C16H15Br. The first-order valence-electron chi connectivity index (χ1n) is 6.55. The molecule has 4 rings (SSSR count). The van der Waals surface area contributed by atoms with Crippen molar-refractivity contribution in [3.8, 4) is 0 Å². The van der Waals surface area contributed by atoms with E-state index in [9.17, 15) is 0 Å². The van der Waals surface area contributed by atoms with Crippen LogP contribution in [0.4, 0.5) is 0 Å². The summed E-state index contributed by atoms with van der Waals surface area (Å²) in [7, 11) is 0. The van der Waals surface area contributed by atoms with Crippen LogP contribution in [0.15, 0.2) is 24.3 Å². The summed E-state index contributed by atoms with van der Waals surface area (Å²) in [6.45, 7) is 0. The fourth-order valence-electron chi connectivity index (χ4n) is 3.58. The Morgan fingerprint density at radius 3 is 2.88 bits per heavy atom. The summed E-state index contributed by atoms with van der Waals surface area (Å²) < 4.78 is 0. The molecule has 0 aromatic heterocycles. The minimum Gasteiger partial charge on any atom is -0.0839 e. The van der Waals surface area contributed by atoms with Crippen LogP contribution in [0.3, 0.4) is 0 Å². The van der Waals surface area contributed by atoms with Gasteiger partial charge < -0.3 is 0 Å². The summed E-state index contributed by atoms with van der Waals surface area (Å²) in [5.74, 6) is 0. The topological polar surface area (TPSA) is 0 Å². The van der Waals surface area contributed by atoms with E-state index in [1.807, 2.05) is 0 Å². The molecule has 1 atom stereocenters. The molecule has 0 N–H and O–H groups in total. The molecule has 2 aromatic carbocycles. The summed E-state index contributed by atoms with van der Waals surface area (Å²) in [6.07, 6.45) is 6.35. The maximum atomic E-state index is 3.85. The van der Waals surface area contributed by atoms with Crippen LogP contribution in [0, 0.1) is 0 Å². The molecule has 1 unspecified atom stereocenters. The number of rotatable bonds is 0. The lowest BCUT2D eigenvalue weighted by Gasteiger charge is -2.23. The third-order valence-corrected chi connectivity index (χ3v) is 5.31. The van der Waals surface area contributed by atoms with E-state index >= 15 is 0 Å². The van der Waals surface area contributed by atoms with Crippen molar-refractivity contribution in [2.75, 3.05) is 0 Å². The quantitative estimate of drug-likeness (QED) is 0.615. The van der Waals surface area contributed by atoms with Crippen molar-refractivity contribution < 1.29 is 0 Å². The minimum absolute atomic E-state index is 0.580.